The number of methoxy groups -OCH3 is 1. The summed E-state index contributed by atoms with van der Waals surface area (Å²) in [5, 5.41) is 7.82. The smallest absolute Gasteiger partial charge is 0.0640 e. The number of nitrogens with zero attached hydrogens (tertiary/aromatic N) is 2. The van der Waals surface area contributed by atoms with Crippen LogP contribution < -0.4 is 5.32 Å². The van der Waals surface area contributed by atoms with Crippen LogP contribution in [0, 0.1) is 0 Å². The molecule has 0 bridgehead atoms. The Morgan fingerprint density at radius 3 is 2.65 bits per heavy atom. The van der Waals surface area contributed by atoms with Gasteiger partial charge in [0.1, 0.15) is 0 Å². The zero-order valence-corrected chi connectivity index (χ0v) is 11.7. The summed E-state index contributed by atoms with van der Waals surface area (Å²) in [4.78, 5) is 0. The van der Waals surface area contributed by atoms with Crippen LogP contribution in [0.15, 0.2) is 12.4 Å². The molecule has 1 N–H and O–H groups in total. The largest absolute Gasteiger partial charge is 0.379 e. The van der Waals surface area contributed by atoms with Gasteiger partial charge in [0, 0.05) is 31.5 Å². The van der Waals surface area contributed by atoms with Crippen LogP contribution in [-0.4, -0.2) is 29.0 Å². The number of rotatable bonds is 7. The molecule has 0 aliphatic carbocycles. The molecule has 0 fully saturated rings. The average Bonchev–Trinajstić information content (AvgIpc) is 2.77. The molecule has 1 rings (SSSR count). The fourth-order valence-electron chi connectivity index (χ4n) is 1.86. The van der Waals surface area contributed by atoms with E-state index in [1.165, 1.54) is 5.56 Å². The maximum Gasteiger partial charge on any atom is 0.0640 e. The van der Waals surface area contributed by atoms with Gasteiger partial charge in [0.25, 0.3) is 0 Å². The third kappa shape index (κ3) is 4.13. The molecule has 1 aromatic heterocycles. The van der Waals surface area contributed by atoms with Crippen molar-refractivity contribution < 1.29 is 4.74 Å². The van der Waals surface area contributed by atoms with Crippen LogP contribution in [0.3, 0.4) is 0 Å². The average molecular weight is 239 g/mol. The van der Waals surface area contributed by atoms with Crippen LogP contribution in [-0.2, 0) is 11.3 Å². The quantitative estimate of drug-likeness (QED) is 0.794. The third-order valence-corrected chi connectivity index (χ3v) is 3.08. The van der Waals surface area contributed by atoms with Crippen molar-refractivity contribution in [1.29, 1.82) is 0 Å². The zero-order valence-electron chi connectivity index (χ0n) is 11.7. The van der Waals surface area contributed by atoms with Gasteiger partial charge in [0.15, 0.2) is 0 Å². The van der Waals surface area contributed by atoms with E-state index < -0.39 is 0 Å². The minimum absolute atomic E-state index is 0.124. The molecule has 1 unspecified atom stereocenters. The Morgan fingerprint density at radius 1 is 1.47 bits per heavy atom. The minimum atomic E-state index is -0.124. The summed E-state index contributed by atoms with van der Waals surface area (Å²) in [5.41, 5.74) is 1.11. The van der Waals surface area contributed by atoms with E-state index in [1.54, 1.807) is 7.11 Å². The maximum atomic E-state index is 5.50. The van der Waals surface area contributed by atoms with Crippen molar-refractivity contribution in [2.45, 2.75) is 52.3 Å². The van der Waals surface area contributed by atoms with Crippen molar-refractivity contribution in [1.82, 2.24) is 15.1 Å². The number of hydrogen-bond acceptors (Lipinski definition) is 3. The Bertz CT molecular complexity index is 333. The van der Waals surface area contributed by atoms with Crippen LogP contribution in [0.25, 0.3) is 0 Å². The van der Waals surface area contributed by atoms with E-state index in [1.807, 2.05) is 10.9 Å². The van der Waals surface area contributed by atoms with Gasteiger partial charge in [-0.3, -0.25) is 4.68 Å². The first-order valence-electron chi connectivity index (χ1n) is 6.33. The van der Waals surface area contributed by atoms with Crippen molar-refractivity contribution in [3.05, 3.63) is 18.0 Å². The van der Waals surface area contributed by atoms with Gasteiger partial charge in [-0.15, -0.1) is 0 Å². The second-order valence-corrected chi connectivity index (χ2v) is 4.91. The van der Waals surface area contributed by atoms with Crippen molar-refractivity contribution >= 4 is 0 Å². The molecule has 17 heavy (non-hydrogen) atoms. The van der Waals surface area contributed by atoms with Gasteiger partial charge in [-0.25, -0.2) is 0 Å². The molecule has 4 nitrogen and oxygen atoms in total. The highest BCUT2D eigenvalue weighted by Gasteiger charge is 2.24. The molecular weight excluding hydrogens is 214 g/mol. The van der Waals surface area contributed by atoms with E-state index in [0.29, 0.717) is 6.04 Å². The third-order valence-electron chi connectivity index (χ3n) is 3.08. The second kappa shape index (κ2) is 6.17. The number of aryl methyl sites for hydroxylation is 1. The van der Waals surface area contributed by atoms with E-state index in [4.69, 9.17) is 4.74 Å². The molecule has 0 aliphatic rings. The molecule has 0 spiro atoms. The molecule has 0 saturated heterocycles. The standard InChI is InChI=1S/C13H25N3O/c1-6-14-12(8-13(3,4)17-5)11-9-15-16(7-2)10-11/h9-10,12,14H,6-8H2,1-5H3. The Hall–Kier alpha value is -0.870. The molecule has 98 valence electrons. The van der Waals surface area contributed by atoms with E-state index >= 15 is 0 Å². The number of ether oxygens (including phenoxy) is 1. The first-order chi connectivity index (χ1) is 8.02. The molecule has 0 aliphatic heterocycles. The Balaban J connectivity index is 2.77. The van der Waals surface area contributed by atoms with Crippen LogP contribution >= 0.6 is 0 Å². The molecule has 0 amide bonds. The number of nitrogens with one attached hydrogen (secondary N) is 1. The fourth-order valence-corrected chi connectivity index (χ4v) is 1.86. The normalized spacial score (nSPS) is 13.9. The zero-order chi connectivity index (χ0) is 12.9. The molecule has 1 heterocycles. The highest BCUT2D eigenvalue weighted by molar-refractivity contribution is 5.11. The minimum Gasteiger partial charge on any atom is -0.379 e. The van der Waals surface area contributed by atoms with E-state index in [-0.39, 0.29) is 5.60 Å². The molecule has 4 heteroatoms. The summed E-state index contributed by atoms with van der Waals surface area (Å²) in [6.07, 6.45) is 4.99. The van der Waals surface area contributed by atoms with Gasteiger partial charge in [0.05, 0.1) is 11.8 Å². The van der Waals surface area contributed by atoms with Crippen molar-refractivity contribution in [2.24, 2.45) is 0 Å². The first kappa shape index (κ1) is 14.2. The molecule has 1 aromatic rings. The summed E-state index contributed by atoms with van der Waals surface area (Å²) in [6, 6.07) is 0.301. The van der Waals surface area contributed by atoms with Gasteiger partial charge in [0.2, 0.25) is 0 Å². The van der Waals surface area contributed by atoms with E-state index in [0.717, 1.165) is 19.5 Å². The summed E-state index contributed by atoms with van der Waals surface area (Å²) in [5.74, 6) is 0. The van der Waals surface area contributed by atoms with Gasteiger partial charge in [-0.05, 0) is 33.7 Å². The maximum absolute atomic E-state index is 5.50. The molecule has 0 aromatic carbocycles. The molecule has 0 radical (unpaired) electrons. The van der Waals surface area contributed by atoms with Gasteiger partial charge >= 0.3 is 0 Å². The molecule has 1 atom stereocenters. The lowest BCUT2D eigenvalue weighted by molar-refractivity contribution is 0.00697. The van der Waals surface area contributed by atoms with Crippen molar-refractivity contribution in [3.63, 3.8) is 0 Å². The first-order valence-corrected chi connectivity index (χ1v) is 6.33. The monoisotopic (exact) mass is 239 g/mol. The van der Waals surface area contributed by atoms with Crippen LogP contribution in [0.4, 0.5) is 0 Å². The van der Waals surface area contributed by atoms with Crippen LogP contribution in [0.1, 0.15) is 45.7 Å². The topological polar surface area (TPSA) is 39.1 Å². The SMILES string of the molecule is CCNC(CC(C)(C)OC)c1cnn(CC)c1. The molecular formula is C13H25N3O. The lowest BCUT2D eigenvalue weighted by atomic mass is 9.95. The number of hydrogen-bond donors (Lipinski definition) is 1. The van der Waals surface area contributed by atoms with Crippen LogP contribution in [0.2, 0.25) is 0 Å². The summed E-state index contributed by atoms with van der Waals surface area (Å²) >= 11 is 0. The molecule has 0 saturated carbocycles. The van der Waals surface area contributed by atoms with E-state index in [2.05, 4.69) is 44.3 Å². The van der Waals surface area contributed by atoms with Gasteiger partial charge < -0.3 is 10.1 Å². The van der Waals surface area contributed by atoms with Gasteiger partial charge in [-0.1, -0.05) is 6.92 Å². The summed E-state index contributed by atoms with van der Waals surface area (Å²) < 4.78 is 7.46. The van der Waals surface area contributed by atoms with Gasteiger partial charge in [-0.2, -0.15) is 5.10 Å². The summed E-state index contributed by atoms with van der Waals surface area (Å²) in [7, 11) is 1.76. The Labute approximate surface area is 104 Å². The second-order valence-electron chi connectivity index (χ2n) is 4.91. The van der Waals surface area contributed by atoms with Crippen LogP contribution in [0.5, 0.6) is 0 Å². The van der Waals surface area contributed by atoms with Crippen molar-refractivity contribution in [3.8, 4) is 0 Å². The predicted octanol–water partition coefficient (Wildman–Crippen LogP) is 2.37. The fraction of sp³-hybridized carbons (Fsp3) is 0.769. The lowest BCUT2D eigenvalue weighted by Gasteiger charge is -2.28. The summed E-state index contributed by atoms with van der Waals surface area (Å²) in [6.45, 7) is 10.3. The predicted molar refractivity (Wildman–Crippen MR) is 70.0 cm³/mol. The van der Waals surface area contributed by atoms with Crippen molar-refractivity contribution in [2.75, 3.05) is 13.7 Å². The van der Waals surface area contributed by atoms with E-state index in [9.17, 15) is 0 Å². The number of aromatic nitrogens is 2. The Kier molecular flexibility index (Phi) is 5.15. The highest BCUT2D eigenvalue weighted by Crippen LogP contribution is 2.25. The lowest BCUT2D eigenvalue weighted by Crippen LogP contribution is -2.31. The Morgan fingerprint density at radius 2 is 2.18 bits per heavy atom. The highest BCUT2D eigenvalue weighted by atomic mass is 16.5.